The second kappa shape index (κ2) is 9.18. The molecule has 158 valence electrons. The van der Waals surface area contributed by atoms with Crippen molar-refractivity contribution in [2.75, 3.05) is 26.7 Å². The molecule has 0 bridgehead atoms. The lowest BCUT2D eigenvalue weighted by Gasteiger charge is -2.38. The molecule has 1 saturated carbocycles. The number of ether oxygens (including phenoxy) is 1. The predicted octanol–water partition coefficient (Wildman–Crippen LogP) is 3.02. The molecule has 1 amide bonds. The van der Waals surface area contributed by atoms with Crippen LogP contribution < -0.4 is 15.4 Å². The van der Waals surface area contributed by atoms with Crippen molar-refractivity contribution in [3.63, 3.8) is 0 Å². The molecule has 0 atom stereocenters. The fraction of sp³-hybridized carbons (Fsp3) is 0.545. The summed E-state index contributed by atoms with van der Waals surface area (Å²) < 4.78 is 7.30. The molecular formula is C22H31ClN4O2. The van der Waals surface area contributed by atoms with Gasteiger partial charge in [0.25, 0.3) is 0 Å². The van der Waals surface area contributed by atoms with E-state index in [9.17, 15) is 4.79 Å². The fourth-order valence-electron chi connectivity index (χ4n) is 4.91. The fourth-order valence-corrected chi connectivity index (χ4v) is 4.91. The van der Waals surface area contributed by atoms with E-state index in [1.54, 1.807) is 13.3 Å². The smallest absolute Gasteiger partial charge is 0.248 e. The highest BCUT2D eigenvalue weighted by Crippen LogP contribution is 2.42. The lowest BCUT2D eigenvalue weighted by atomic mass is 9.78. The number of halogens is 1. The van der Waals surface area contributed by atoms with Crippen LogP contribution in [0.2, 0.25) is 0 Å². The van der Waals surface area contributed by atoms with Crippen LogP contribution in [-0.2, 0) is 15.7 Å². The Labute approximate surface area is 178 Å². The topological polar surface area (TPSA) is 68.2 Å². The summed E-state index contributed by atoms with van der Waals surface area (Å²) in [6.07, 6.45) is 9.76. The highest BCUT2D eigenvalue weighted by atomic mass is 35.5. The number of hydrogen-bond acceptors (Lipinski definition) is 4. The Morgan fingerprint density at radius 2 is 1.97 bits per heavy atom. The van der Waals surface area contributed by atoms with Crippen molar-refractivity contribution in [2.45, 2.75) is 49.5 Å². The average molecular weight is 419 g/mol. The number of benzene rings is 1. The molecule has 2 fully saturated rings. The Kier molecular flexibility index (Phi) is 6.85. The molecule has 1 saturated heterocycles. The van der Waals surface area contributed by atoms with Crippen molar-refractivity contribution in [1.29, 1.82) is 0 Å². The van der Waals surface area contributed by atoms with Gasteiger partial charge in [-0.25, -0.2) is 0 Å². The zero-order chi connectivity index (χ0) is 19.5. The number of piperidine rings is 1. The first-order valence-electron chi connectivity index (χ1n) is 10.3. The van der Waals surface area contributed by atoms with Gasteiger partial charge in [0.1, 0.15) is 11.3 Å². The molecule has 2 aliphatic rings. The molecule has 1 aliphatic heterocycles. The van der Waals surface area contributed by atoms with Crippen molar-refractivity contribution in [2.24, 2.45) is 0 Å². The number of carbonyl (C=O) groups excluding carboxylic acids is 1. The number of rotatable bonds is 6. The Bertz CT molecular complexity index is 797. The molecule has 2 heterocycles. The lowest BCUT2D eigenvalue weighted by Crippen LogP contribution is -2.56. The summed E-state index contributed by atoms with van der Waals surface area (Å²) in [5, 5.41) is 11.1. The second-order valence-corrected chi connectivity index (χ2v) is 8.13. The van der Waals surface area contributed by atoms with Crippen molar-refractivity contribution in [1.82, 2.24) is 20.4 Å². The van der Waals surface area contributed by atoms with Crippen molar-refractivity contribution in [3.05, 3.63) is 48.3 Å². The third-order valence-electron chi connectivity index (χ3n) is 6.63. The standard InChI is InChI=1S/C22H30N4O2.ClH/c1-28-19-7-4-6-18(16-19)21(8-2-3-9-21)17-24-20(27)22(10-13-23-14-11-22)26-15-5-12-25-26;/h4-7,12,15-16,23H,2-3,8-11,13-14,17H2,1H3,(H,24,27);1H. The SMILES string of the molecule is COc1cccc(C2(CNC(=O)C3(n4cccn4)CCNCC3)CCCC2)c1.Cl. The third kappa shape index (κ3) is 4.14. The normalized spacial score (nSPS) is 19.9. The van der Waals surface area contributed by atoms with Gasteiger partial charge in [0.2, 0.25) is 5.91 Å². The molecule has 0 unspecified atom stereocenters. The van der Waals surface area contributed by atoms with E-state index in [0.717, 1.165) is 44.5 Å². The van der Waals surface area contributed by atoms with E-state index in [1.165, 1.54) is 18.4 Å². The van der Waals surface area contributed by atoms with Crippen LogP contribution in [0.1, 0.15) is 44.1 Å². The number of carbonyl (C=O) groups is 1. The van der Waals surface area contributed by atoms with Crippen LogP contribution in [0.5, 0.6) is 5.75 Å². The molecule has 7 heteroatoms. The Morgan fingerprint density at radius 3 is 2.62 bits per heavy atom. The number of nitrogens with one attached hydrogen (secondary N) is 2. The van der Waals surface area contributed by atoms with Gasteiger partial charge in [-0.05, 0) is 62.5 Å². The van der Waals surface area contributed by atoms with E-state index in [-0.39, 0.29) is 23.7 Å². The van der Waals surface area contributed by atoms with E-state index in [1.807, 2.05) is 29.1 Å². The van der Waals surface area contributed by atoms with Crippen molar-refractivity contribution < 1.29 is 9.53 Å². The highest BCUT2D eigenvalue weighted by molar-refractivity contribution is 5.85. The second-order valence-electron chi connectivity index (χ2n) is 8.13. The van der Waals surface area contributed by atoms with Gasteiger partial charge in [0.05, 0.1) is 7.11 Å². The van der Waals surface area contributed by atoms with Crippen LogP contribution in [0, 0.1) is 0 Å². The molecule has 0 spiro atoms. The minimum absolute atomic E-state index is 0. The molecule has 6 nitrogen and oxygen atoms in total. The summed E-state index contributed by atoms with van der Waals surface area (Å²) in [6, 6.07) is 10.2. The van der Waals surface area contributed by atoms with Crippen molar-refractivity contribution >= 4 is 18.3 Å². The van der Waals surface area contributed by atoms with E-state index >= 15 is 0 Å². The van der Waals surface area contributed by atoms with Gasteiger partial charge >= 0.3 is 0 Å². The van der Waals surface area contributed by atoms with E-state index in [4.69, 9.17) is 4.74 Å². The number of hydrogen-bond donors (Lipinski definition) is 2. The van der Waals surface area contributed by atoms with Gasteiger partial charge in [-0.15, -0.1) is 12.4 Å². The van der Waals surface area contributed by atoms with Crippen LogP contribution in [0.25, 0.3) is 0 Å². The summed E-state index contributed by atoms with van der Waals surface area (Å²) in [4.78, 5) is 13.4. The predicted molar refractivity (Wildman–Crippen MR) is 116 cm³/mol. The molecular weight excluding hydrogens is 388 g/mol. The first-order valence-corrected chi connectivity index (χ1v) is 10.3. The quantitative estimate of drug-likeness (QED) is 0.756. The third-order valence-corrected chi connectivity index (χ3v) is 6.63. The molecule has 2 aromatic rings. The minimum Gasteiger partial charge on any atom is -0.497 e. The number of nitrogens with zero attached hydrogens (tertiary/aromatic N) is 2. The van der Waals surface area contributed by atoms with E-state index in [0.29, 0.717) is 6.54 Å². The van der Waals surface area contributed by atoms with Gasteiger partial charge in [-0.3, -0.25) is 9.48 Å². The zero-order valence-corrected chi connectivity index (χ0v) is 17.8. The molecule has 1 aromatic carbocycles. The minimum atomic E-state index is -0.594. The maximum absolute atomic E-state index is 13.4. The Morgan fingerprint density at radius 1 is 1.21 bits per heavy atom. The maximum Gasteiger partial charge on any atom is 0.248 e. The van der Waals surface area contributed by atoms with Crippen LogP contribution >= 0.6 is 12.4 Å². The Hall–Kier alpha value is -2.05. The summed E-state index contributed by atoms with van der Waals surface area (Å²) in [6.45, 7) is 2.32. The molecule has 4 rings (SSSR count). The number of aromatic nitrogens is 2. The molecule has 29 heavy (non-hydrogen) atoms. The zero-order valence-electron chi connectivity index (χ0n) is 17.0. The summed E-state index contributed by atoms with van der Waals surface area (Å²) >= 11 is 0. The van der Waals surface area contributed by atoms with Crippen LogP contribution in [0.4, 0.5) is 0 Å². The van der Waals surface area contributed by atoms with Crippen LogP contribution in [0.15, 0.2) is 42.7 Å². The van der Waals surface area contributed by atoms with Gasteiger partial charge in [0.15, 0.2) is 0 Å². The van der Waals surface area contributed by atoms with E-state index < -0.39 is 5.54 Å². The van der Waals surface area contributed by atoms with Crippen molar-refractivity contribution in [3.8, 4) is 5.75 Å². The number of methoxy groups -OCH3 is 1. The molecule has 1 aromatic heterocycles. The molecule has 1 aliphatic carbocycles. The summed E-state index contributed by atoms with van der Waals surface area (Å²) in [7, 11) is 1.70. The van der Waals surface area contributed by atoms with Gasteiger partial charge in [-0.1, -0.05) is 25.0 Å². The molecule has 0 radical (unpaired) electrons. The lowest BCUT2D eigenvalue weighted by molar-refractivity contribution is -0.132. The van der Waals surface area contributed by atoms with Crippen LogP contribution in [0.3, 0.4) is 0 Å². The molecule has 2 N–H and O–H groups in total. The maximum atomic E-state index is 13.4. The van der Waals surface area contributed by atoms with Gasteiger partial charge < -0.3 is 15.4 Å². The summed E-state index contributed by atoms with van der Waals surface area (Å²) in [5.74, 6) is 0.966. The van der Waals surface area contributed by atoms with Gasteiger partial charge in [-0.2, -0.15) is 5.10 Å². The highest BCUT2D eigenvalue weighted by Gasteiger charge is 2.44. The monoisotopic (exact) mass is 418 g/mol. The first kappa shape index (κ1) is 21.7. The number of amides is 1. The average Bonchev–Trinajstić information content (AvgIpc) is 3.46. The summed E-state index contributed by atoms with van der Waals surface area (Å²) in [5.41, 5.74) is 0.661. The Balaban J connectivity index is 0.00000240. The van der Waals surface area contributed by atoms with Crippen LogP contribution in [-0.4, -0.2) is 42.4 Å². The van der Waals surface area contributed by atoms with Gasteiger partial charge in [0, 0.05) is 24.4 Å². The largest absolute Gasteiger partial charge is 0.497 e. The van der Waals surface area contributed by atoms with E-state index in [2.05, 4.69) is 27.9 Å². The first-order chi connectivity index (χ1) is 13.7.